The molecule has 0 N–H and O–H groups in total. The molecule has 0 radical (unpaired) electrons. The molecule has 0 spiro atoms. The van der Waals surface area contributed by atoms with Crippen LogP contribution in [-0.2, 0) is 0 Å². The highest BCUT2D eigenvalue weighted by Crippen LogP contribution is 2.29. The molecular formula is C30H24N4O. The minimum atomic E-state index is -0.296. The van der Waals surface area contributed by atoms with Crippen molar-refractivity contribution in [1.82, 2.24) is 9.55 Å². The first kappa shape index (κ1) is 22.1. The van der Waals surface area contributed by atoms with Gasteiger partial charge in [0.2, 0.25) is 0 Å². The minimum absolute atomic E-state index is 0.0915. The standard InChI is InChI=1S/C30H24N4O/c1-21-32-28-17-16-26(33(2)25-15-9-10-22(18-25)20-31)19-27(28)30(35)34(21)29(23-11-5-3-6-12-23)24-13-7-4-8-14-24/h3-19,29H,1-2H3. The number of benzene rings is 4. The van der Waals surface area contributed by atoms with Crippen LogP contribution >= 0.6 is 0 Å². The number of fused-ring (bicyclic) bond motifs is 1. The van der Waals surface area contributed by atoms with Gasteiger partial charge in [-0.1, -0.05) is 66.7 Å². The molecule has 0 aliphatic rings. The molecule has 5 nitrogen and oxygen atoms in total. The molecule has 0 fully saturated rings. The van der Waals surface area contributed by atoms with Gasteiger partial charge >= 0.3 is 0 Å². The van der Waals surface area contributed by atoms with E-state index in [1.807, 2.05) is 116 Å². The number of aromatic nitrogens is 2. The van der Waals surface area contributed by atoms with Crippen LogP contribution in [0, 0.1) is 18.3 Å². The van der Waals surface area contributed by atoms with Crippen LogP contribution in [0.4, 0.5) is 11.4 Å². The molecule has 5 rings (SSSR count). The number of nitrogens with zero attached hydrogens (tertiary/aromatic N) is 4. The zero-order valence-electron chi connectivity index (χ0n) is 19.6. The van der Waals surface area contributed by atoms with Crippen molar-refractivity contribution >= 4 is 22.3 Å². The van der Waals surface area contributed by atoms with Gasteiger partial charge < -0.3 is 4.90 Å². The third kappa shape index (κ3) is 4.18. The molecule has 170 valence electrons. The lowest BCUT2D eigenvalue weighted by Gasteiger charge is -2.24. The van der Waals surface area contributed by atoms with Gasteiger partial charge in [0.05, 0.1) is 28.6 Å². The third-order valence-electron chi connectivity index (χ3n) is 6.30. The maximum absolute atomic E-state index is 14.0. The van der Waals surface area contributed by atoms with E-state index in [2.05, 4.69) is 6.07 Å². The van der Waals surface area contributed by atoms with Crippen molar-refractivity contribution in [2.45, 2.75) is 13.0 Å². The molecule has 0 saturated heterocycles. The SMILES string of the molecule is Cc1nc2ccc(N(C)c3cccc(C#N)c3)cc2c(=O)n1C(c1ccccc1)c1ccccc1. The van der Waals surface area contributed by atoms with Crippen molar-refractivity contribution in [2.24, 2.45) is 0 Å². The van der Waals surface area contributed by atoms with Crippen molar-refractivity contribution < 1.29 is 0 Å². The Kier molecular flexibility index (Phi) is 5.87. The predicted molar refractivity (Wildman–Crippen MR) is 140 cm³/mol. The summed E-state index contributed by atoms with van der Waals surface area (Å²) in [6, 6.07) is 35.1. The summed E-state index contributed by atoms with van der Waals surface area (Å²) < 4.78 is 1.78. The second-order valence-electron chi connectivity index (χ2n) is 8.48. The summed E-state index contributed by atoms with van der Waals surface area (Å²) in [5.41, 5.74) is 4.91. The molecule has 0 aliphatic carbocycles. The molecule has 0 atom stereocenters. The van der Waals surface area contributed by atoms with E-state index in [1.54, 1.807) is 10.6 Å². The average Bonchev–Trinajstić information content (AvgIpc) is 2.91. The molecule has 5 aromatic rings. The van der Waals surface area contributed by atoms with E-state index in [1.165, 1.54) is 0 Å². The summed E-state index contributed by atoms with van der Waals surface area (Å²) in [5, 5.41) is 9.82. The summed E-state index contributed by atoms with van der Waals surface area (Å²) >= 11 is 0. The summed E-state index contributed by atoms with van der Waals surface area (Å²) in [6.07, 6.45) is 0. The van der Waals surface area contributed by atoms with E-state index in [4.69, 9.17) is 4.98 Å². The maximum Gasteiger partial charge on any atom is 0.262 e. The lowest BCUT2D eigenvalue weighted by atomic mass is 9.98. The average molecular weight is 457 g/mol. The topological polar surface area (TPSA) is 61.9 Å². The molecule has 1 heterocycles. The number of aryl methyl sites for hydroxylation is 1. The zero-order chi connectivity index (χ0) is 24.4. The number of rotatable bonds is 5. The zero-order valence-corrected chi connectivity index (χ0v) is 19.6. The van der Waals surface area contributed by atoms with Crippen LogP contribution < -0.4 is 10.5 Å². The second kappa shape index (κ2) is 9.28. The van der Waals surface area contributed by atoms with Gasteiger partial charge in [-0.05, 0) is 54.4 Å². The molecule has 35 heavy (non-hydrogen) atoms. The minimum Gasteiger partial charge on any atom is -0.345 e. The number of anilines is 2. The van der Waals surface area contributed by atoms with Gasteiger partial charge in [-0.15, -0.1) is 0 Å². The van der Waals surface area contributed by atoms with Crippen LogP contribution in [0.15, 0.2) is 108 Å². The monoisotopic (exact) mass is 456 g/mol. The molecule has 0 aliphatic heterocycles. The van der Waals surface area contributed by atoms with Gasteiger partial charge in [0.15, 0.2) is 0 Å². The van der Waals surface area contributed by atoms with Gasteiger partial charge in [-0.3, -0.25) is 9.36 Å². The van der Waals surface area contributed by atoms with Crippen molar-refractivity contribution in [2.75, 3.05) is 11.9 Å². The molecule has 0 amide bonds. The molecule has 5 heteroatoms. The first-order chi connectivity index (χ1) is 17.1. The molecular weight excluding hydrogens is 432 g/mol. The van der Waals surface area contributed by atoms with Crippen molar-refractivity contribution in [3.8, 4) is 6.07 Å². The summed E-state index contributed by atoms with van der Waals surface area (Å²) in [4.78, 5) is 20.8. The fourth-order valence-electron chi connectivity index (χ4n) is 4.50. The second-order valence-corrected chi connectivity index (χ2v) is 8.48. The van der Waals surface area contributed by atoms with Gasteiger partial charge in [0, 0.05) is 18.4 Å². The summed E-state index contributed by atoms with van der Waals surface area (Å²) in [7, 11) is 1.93. The number of hydrogen-bond donors (Lipinski definition) is 0. The third-order valence-corrected chi connectivity index (χ3v) is 6.30. The summed E-state index contributed by atoms with van der Waals surface area (Å²) in [6.45, 7) is 1.88. The maximum atomic E-state index is 14.0. The first-order valence-electron chi connectivity index (χ1n) is 11.4. The van der Waals surface area contributed by atoms with Gasteiger partial charge in [-0.25, -0.2) is 4.98 Å². The van der Waals surface area contributed by atoms with Crippen LogP contribution in [0.2, 0.25) is 0 Å². The molecule has 1 aromatic heterocycles. The Hall–Kier alpha value is -4.69. The van der Waals surface area contributed by atoms with Crippen molar-refractivity contribution in [3.63, 3.8) is 0 Å². The highest BCUT2D eigenvalue weighted by molar-refractivity contribution is 5.83. The first-order valence-corrected chi connectivity index (χ1v) is 11.4. The smallest absolute Gasteiger partial charge is 0.262 e. The number of nitriles is 1. The molecule has 0 bridgehead atoms. The fraction of sp³-hybridized carbons (Fsp3) is 0.100. The highest BCUT2D eigenvalue weighted by Gasteiger charge is 2.21. The van der Waals surface area contributed by atoms with E-state index in [0.29, 0.717) is 22.3 Å². The molecule has 4 aromatic carbocycles. The Morgan fingerprint density at radius 1 is 0.829 bits per heavy atom. The summed E-state index contributed by atoms with van der Waals surface area (Å²) in [5.74, 6) is 0.656. The van der Waals surface area contributed by atoms with Crippen LogP contribution in [0.5, 0.6) is 0 Å². The number of hydrogen-bond acceptors (Lipinski definition) is 4. The van der Waals surface area contributed by atoms with Crippen LogP contribution in [0.3, 0.4) is 0 Å². The van der Waals surface area contributed by atoms with Crippen LogP contribution in [0.1, 0.15) is 28.6 Å². The molecule has 0 saturated carbocycles. The van der Waals surface area contributed by atoms with Gasteiger partial charge in [0.1, 0.15) is 5.82 Å². The van der Waals surface area contributed by atoms with Gasteiger partial charge in [-0.2, -0.15) is 5.26 Å². The largest absolute Gasteiger partial charge is 0.345 e. The van der Waals surface area contributed by atoms with E-state index < -0.39 is 0 Å². The van der Waals surface area contributed by atoms with Crippen LogP contribution in [-0.4, -0.2) is 16.6 Å². The van der Waals surface area contributed by atoms with E-state index in [-0.39, 0.29) is 11.6 Å². The van der Waals surface area contributed by atoms with E-state index in [0.717, 1.165) is 22.5 Å². The van der Waals surface area contributed by atoms with Crippen molar-refractivity contribution in [3.05, 3.63) is 136 Å². The lowest BCUT2D eigenvalue weighted by Crippen LogP contribution is -2.29. The Morgan fingerprint density at radius 2 is 1.46 bits per heavy atom. The van der Waals surface area contributed by atoms with Gasteiger partial charge in [0.25, 0.3) is 5.56 Å². The van der Waals surface area contributed by atoms with E-state index >= 15 is 0 Å². The Balaban J connectivity index is 1.69. The fourth-order valence-corrected chi connectivity index (χ4v) is 4.50. The normalized spacial score (nSPS) is 10.9. The Morgan fingerprint density at radius 3 is 2.09 bits per heavy atom. The van der Waals surface area contributed by atoms with Crippen LogP contribution in [0.25, 0.3) is 10.9 Å². The predicted octanol–water partition coefficient (Wildman–Crippen LogP) is 5.98. The van der Waals surface area contributed by atoms with E-state index in [9.17, 15) is 10.1 Å². The Bertz CT molecular complexity index is 1560. The Labute approximate surface area is 204 Å². The van der Waals surface area contributed by atoms with Crippen molar-refractivity contribution in [1.29, 1.82) is 5.26 Å². The lowest BCUT2D eigenvalue weighted by molar-refractivity contribution is 0.620. The molecule has 0 unspecified atom stereocenters. The quantitative estimate of drug-likeness (QED) is 0.326. The highest BCUT2D eigenvalue weighted by atomic mass is 16.1.